The Morgan fingerprint density at radius 3 is 2.48 bits per heavy atom. The molecule has 0 spiro atoms. The van der Waals surface area contributed by atoms with E-state index in [1.165, 1.54) is 0 Å². The van der Waals surface area contributed by atoms with E-state index in [1.807, 2.05) is 19.1 Å². The van der Waals surface area contributed by atoms with Crippen LogP contribution < -0.4 is 5.32 Å². The van der Waals surface area contributed by atoms with E-state index in [9.17, 15) is 9.59 Å². The van der Waals surface area contributed by atoms with Gasteiger partial charge in [0.05, 0.1) is 0 Å². The molecule has 5 heteroatoms. The summed E-state index contributed by atoms with van der Waals surface area (Å²) in [6.07, 6.45) is 5.07. The van der Waals surface area contributed by atoms with Crippen LogP contribution >= 0.6 is 0 Å². The first-order valence-electron chi connectivity index (χ1n) is 7.32. The zero-order valence-electron chi connectivity index (χ0n) is 13.3. The van der Waals surface area contributed by atoms with Gasteiger partial charge in [-0.3, -0.25) is 14.6 Å². The number of carbonyl (C=O) groups excluding carboxylic acids is 2. The van der Waals surface area contributed by atoms with Gasteiger partial charge in [-0.2, -0.15) is 0 Å². The highest BCUT2D eigenvalue weighted by molar-refractivity contribution is 6.04. The molecule has 0 saturated heterocycles. The predicted octanol–water partition coefficient (Wildman–Crippen LogP) is 1.63. The van der Waals surface area contributed by atoms with E-state index in [1.54, 1.807) is 38.2 Å². The number of carbonyl (C=O) groups is 2. The van der Waals surface area contributed by atoms with Gasteiger partial charge in [0.2, 0.25) is 11.8 Å². The van der Waals surface area contributed by atoms with Crippen LogP contribution in [0.3, 0.4) is 0 Å². The number of pyridine rings is 1. The SMILES string of the molecule is CCCNC(=O)C(C)(C)C(=O)N(C)CCc1ccncc1. The second-order valence-electron chi connectivity index (χ2n) is 5.71. The van der Waals surface area contributed by atoms with Gasteiger partial charge in [0.15, 0.2) is 0 Å². The van der Waals surface area contributed by atoms with Gasteiger partial charge in [-0.15, -0.1) is 0 Å². The third kappa shape index (κ3) is 4.85. The van der Waals surface area contributed by atoms with Gasteiger partial charge in [0.1, 0.15) is 5.41 Å². The predicted molar refractivity (Wildman–Crippen MR) is 82.7 cm³/mol. The van der Waals surface area contributed by atoms with Crippen LogP contribution in [0.15, 0.2) is 24.5 Å². The minimum Gasteiger partial charge on any atom is -0.355 e. The van der Waals surface area contributed by atoms with Gasteiger partial charge in [-0.05, 0) is 44.4 Å². The third-order valence-electron chi connectivity index (χ3n) is 3.47. The summed E-state index contributed by atoms with van der Waals surface area (Å²) in [7, 11) is 1.73. The molecule has 116 valence electrons. The van der Waals surface area contributed by atoms with Crippen LogP contribution in [-0.4, -0.2) is 41.8 Å². The lowest BCUT2D eigenvalue weighted by Gasteiger charge is -2.28. The molecule has 1 N–H and O–H groups in total. The number of hydrogen-bond acceptors (Lipinski definition) is 3. The maximum atomic E-state index is 12.4. The Balaban J connectivity index is 2.58. The van der Waals surface area contributed by atoms with Crippen LogP contribution in [0.4, 0.5) is 0 Å². The molecule has 2 amide bonds. The van der Waals surface area contributed by atoms with Crippen LogP contribution in [0.25, 0.3) is 0 Å². The van der Waals surface area contributed by atoms with Crippen molar-refractivity contribution in [1.82, 2.24) is 15.2 Å². The molecular weight excluding hydrogens is 266 g/mol. The Hall–Kier alpha value is -1.91. The van der Waals surface area contributed by atoms with Crippen molar-refractivity contribution in [2.45, 2.75) is 33.6 Å². The molecule has 0 aliphatic carbocycles. The molecule has 0 atom stereocenters. The van der Waals surface area contributed by atoms with E-state index in [4.69, 9.17) is 0 Å². The molecule has 0 bridgehead atoms. The quantitative estimate of drug-likeness (QED) is 0.777. The third-order valence-corrected chi connectivity index (χ3v) is 3.47. The summed E-state index contributed by atoms with van der Waals surface area (Å²) >= 11 is 0. The van der Waals surface area contributed by atoms with E-state index < -0.39 is 5.41 Å². The van der Waals surface area contributed by atoms with Crippen molar-refractivity contribution in [2.75, 3.05) is 20.1 Å². The Kier molecular flexibility index (Phi) is 6.34. The highest BCUT2D eigenvalue weighted by Gasteiger charge is 2.37. The first kappa shape index (κ1) is 17.1. The van der Waals surface area contributed by atoms with Crippen molar-refractivity contribution in [3.63, 3.8) is 0 Å². The number of amides is 2. The second-order valence-corrected chi connectivity index (χ2v) is 5.71. The molecule has 1 heterocycles. The number of nitrogens with one attached hydrogen (secondary N) is 1. The van der Waals surface area contributed by atoms with Crippen LogP contribution in [0.1, 0.15) is 32.8 Å². The van der Waals surface area contributed by atoms with Gasteiger partial charge >= 0.3 is 0 Å². The molecule has 0 aromatic carbocycles. The normalized spacial score (nSPS) is 11.0. The summed E-state index contributed by atoms with van der Waals surface area (Å²) in [5, 5.41) is 2.79. The Morgan fingerprint density at radius 1 is 1.29 bits per heavy atom. The Morgan fingerprint density at radius 2 is 1.90 bits per heavy atom. The molecule has 0 saturated carbocycles. The first-order chi connectivity index (χ1) is 9.89. The lowest BCUT2D eigenvalue weighted by Crippen LogP contribution is -2.49. The van der Waals surface area contributed by atoms with Gasteiger partial charge in [-0.1, -0.05) is 6.92 Å². The zero-order valence-corrected chi connectivity index (χ0v) is 13.3. The monoisotopic (exact) mass is 291 g/mol. The standard InChI is InChI=1S/C16H25N3O2/c1-5-9-18-14(20)16(2,3)15(21)19(4)12-8-13-6-10-17-11-7-13/h6-7,10-11H,5,8-9,12H2,1-4H3,(H,18,20). The minimum atomic E-state index is -1.04. The zero-order chi connectivity index (χ0) is 15.9. The fourth-order valence-corrected chi connectivity index (χ4v) is 1.98. The average Bonchev–Trinajstić information content (AvgIpc) is 2.50. The van der Waals surface area contributed by atoms with E-state index in [0.29, 0.717) is 13.1 Å². The van der Waals surface area contributed by atoms with Gasteiger partial charge in [-0.25, -0.2) is 0 Å². The van der Waals surface area contributed by atoms with Crippen molar-refractivity contribution >= 4 is 11.8 Å². The molecule has 0 aliphatic rings. The lowest BCUT2D eigenvalue weighted by atomic mass is 9.90. The van der Waals surface area contributed by atoms with Crippen molar-refractivity contribution < 1.29 is 9.59 Å². The fourth-order valence-electron chi connectivity index (χ4n) is 1.98. The van der Waals surface area contributed by atoms with Gasteiger partial charge < -0.3 is 10.2 Å². The number of aromatic nitrogens is 1. The van der Waals surface area contributed by atoms with E-state index in [2.05, 4.69) is 10.3 Å². The highest BCUT2D eigenvalue weighted by Crippen LogP contribution is 2.19. The summed E-state index contributed by atoms with van der Waals surface area (Å²) < 4.78 is 0. The van der Waals surface area contributed by atoms with E-state index >= 15 is 0 Å². The maximum absolute atomic E-state index is 12.4. The molecule has 5 nitrogen and oxygen atoms in total. The topological polar surface area (TPSA) is 62.3 Å². The second kappa shape index (κ2) is 7.76. The molecule has 0 radical (unpaired) electrons. The number of hydrogen-bond donors (Lipinski definition) is 1. The van der Waals surface area contributed by atoms with E-state index in [0.717, 1.165) is 18.4 Å². The van der Waals surface area contributed by atoms with Crippen LogP contribution in [0.2, 0.25) is 0 Å². The van der Waals surface area contributed by atoms with Crippen molar-refractivity contribution in [3.05, 3.63) is 30.1 Å². The minimum absolute atomic E-state index is 0.162. The largest absolute Gasteiger partial charge is 0.355 e. The molecule has 1 rings (SSSR count). The first-order valence-corrected chi connectivity index (χ1v) is 7.32. The van der Waals surface area contributed by atoms with E-state index in [-0.39, 0.29) is 11.8 Å². The maximum Gasteiger partial charge on any atom is 0.237 e. The Labute approximate surface area is 126 Å². The molecule has 0 aliphatic heterocycles. The van der Waals surface area contributed by atoms with Gasteiger partial charge in [0, 0.05) is 32.5 Å². The van der Waals surface area contributed by atoms with Crippen LogP contribution in [0, 0.1) is 5.41 Å². The number of likely N-dealkylation sites (N-methyl/N-ethyl adjacent to an activating group) is 1. The van der Waals surface area contributed by atoms with Gasteiger partial charge in [0.25, 0.3) is 0 Å². The highest BCUT2D eigenvalue weighted by atomic mass is 16.2. The number of nitrogens with zero attached hydrogens (tertiary/aromatic N) is 2. The summed E-state index contributed by atoms with van der Waals surface area (Å²) in [5.41, 5.74) is 0.0835. The lowest BCUT2D eigenvalue weighted by molar-refractivity contribution is -0.147. The molecule has 21 heavy (non-hydrogen) atoms. The van der Waals surface area contributed by atoms with Crippen molar-refractivity contribution in [2.24, 2.45) is 5.41 Å². The summed E-state index contributed by atoms with van der Waals surface area (Å²) in [6.45, 7) is 6.49. The molecule has 1 aromatic rings. The smallest absolute Gasteiger partial charge is 0.237 e. The fraction of sp³-hybridized carbons (Fsp3) is 0.562. The van der Waals surface area contributed by atoms with Crippen molar-refractivity contribution in [3.8, 4) is 0 Å². The summed E-state index contributed by atoms with van der Waals surface area (Å²) in [4.78, 5) is 30.1. The van der Waals surface area contributed by atoms with Crippen LogP contribution in [-0.2, 0) is 16.0 Å². The number of rotatable bonds is 7. The molecule has 0 fully saturated rings. The average molecular weight is 291 g/mol. The van der Waals surface area contributed by atoms with Crippen LogP contribution in [0.5, 0.6) is 0 Å². The molecular formula is C16H25N3O2. The van der Waals surface area contributed by atoms with Crippen molar-refractivity contribution in [1.29, 1.82) is 0 Å². The molecule has 1 aromatic heterocycles. The molecule has 0 unspecified atom stereocenters. The Bertz CT molecular complexity index is 472. The summed E-state index contributed by atoms with van der Waals surface area (Å²) in [6, 6.07) is 3.86. The summed E-state index contributed by atoms with van der Waals surface area (Å²) in [5.74, 6) is -0.379.